The van der Waals surface area contributed by atoms with Gasteiger partial charge in [-0.25, -0.2) is 4.57 Å². The maximum absolute atomic E-state index is 12.8. The molecular weight excluding hydrogens is 737 g/mol. The summed E-state index contributed by atoms with van der Waals surface area (Å²) in [6.07, 6.45) is 28.8. The van der Waals surface area contributed by atoms with Gasteiger partial charge in [-0.05, 0) is 63.9 Å². The number of nitrogens with two attached hydrogens (primary N) is 1. The minimum Gasteiger partial charge on any atom is -0.492 e. The topological polar surface area (TPSA) is 195 Å². The molecule has 0 spiro atoms. The first-order valence-electron chi connectivity index (χ1n) is 21.7. The zero-order chi connectivity index (χ0) is 41.3. The summed E-state index contributed by atoms with van der Waals surface area (Å²) in [5, 5.41) is 31.3. The molecule has 1 aliphatic carbocycles. The molecule has 0 aromatic rings. The van der Waals surface area contributed by atoms with Gasteiger partial charge in [0.1, 0.15) is 12.4 Å². The van der Waals surface area contributed by atoms with Crippen LogP contribution >= 0.6 is 7.82 Å². The van der Waals surface area contributed by atoms with Gasteiger partial charge in [-0.3, -0.25) is 18.6 Å². The van der Waals surface area contributed by atoms with E-state index in [1.165, 1.54) is 64.0 Å². The van der Waals surface area contributed by atoms with E-state index >= 15 is 0 Å². The van der Waals surface area contributed by atoms with E-state index in [4.69, 9.17) is 24.3 Å². The number of unbranched alkanes of at least 4 members (excludes halogenated alkanes) is 14. The fraction of sp³-hybridized carbons (Fsp3) is 0.814. The number of Topliss-reactive ketones (excluding diaryl/α,β-unsaturated/α-hetero) is 1. The minimum absolute atomic E-state index is 0.0458. The molecule has 1 aliphatic rings. The number of hydrogen-bond acceptors (Lipinski definition) is 11. The van der Waals surface area contributed by atoms with E-state index in [0.29, 0.717) is 19.3 Å². The maximum atomic E-state index is 12.8. The molecule has 1 unspecified atom stereocenters. The van der Waals surface area contributed by atoms with E-state index in [0.717, 1.165) is 44.9 Å². The molecule has 1 saturated carbocycles. The number of carbonyl (C=O) groups excluding carboxylic acids is 2. The van der Waals surface area contributed by atoms with E-state index in [2.05, 4.69) is 26.0 Å². The molecular formula is C43H78NO11P. The Morgan fingerprint density at radius 3 is 2.05 bits per heavy atom. The van der Waals surface area contributed by atoms with Crippen molar-refractivity contribution in [3.8, 4) is 0 Å². The lowest BCUT2D eigenvalue weighted by Crippen LogP contribution is -2.25. The van der Waals surface area contributed by atoms with Gasteiger partial charge in [-0.15, -0.1) is 0 Å². The van der Waals surface area contributed by atoms with Gasteiger partial charge < -0.3 is 35.4 Å². The van der Waals surface area contributed by atoms with Crippen molar-refractivity contribution in [1.29, 1.82) is 0 Å². The van der Waals surface area contributed by atoms with E-state index in [-0.39, 0.29) is 57.8 Å². The number of aliphatic hydroxyl groups is 3. The average molecular weight is 816 g/mol. The quantitative estimate of drug-likeness (QED) is 0.0132. The van der Waals surface area contributed by atoms with Crippen LogP contribution in [0.4, 0.5) is 0 Å². The van der Waals surface area contributed by atoms with E-state index in [1.807, 2.05) is 6.08 Å². The largest absolute Gasteiger partial charge is 0.492 e. The van der Waals surface area contributed by atoms with Crippen LogP contribution in [0.5, 0.6) is 0 Å². The number of esters is 1. The van der Waals surface area contributed by atoms with E-state index in [1.54, 1.807) is 12.2 Å². The van der Waals surface area contributed by atoms with Crippen LogP contribution in [-0.4, -0.2) is 82.7 Å². The first kappa shape index (κ1) is 52.1. The van der Waals surface area contributed by atoms with Crippen LogP contribution in [0.25, 0.3) is 0 Å². The molecule has 0 aromatic heterocycles. The van der Waals surface area contributed by atoms with Crippen LogP contribution < -0.4 is 5.73 Å². The summed E-state index contributed by atoms with van der Waals surface area (Å²) in [5.74, 6) is -1.40. The van der Waals surface area contributed by atoms with Gasteiger partial charge >= 0.3 is 13.8 Å². The molecule has 1 rings (SSSR count). The number of aliphatic hydroxyl groups excluding tert-OH is 3. The molecule has 326 valence electrons. The second-order valence-corrected chi connectivity index (χ2v) is 16.7. The van der Waals surface area contributed by atoms with Gasteiger partial charge in [0.15, 0.2) is 6.10 Å². The molecule has 0 heterocycles. The third-order valence-corrected chi connectivity index (χ3v) is 11.1. The number of hydrogen-bond donors (Lipinski definition) is 5. The number of rotatable bonds is 37. The van der Waals surface area contributed by atoms with Crippen molar-refractivity contribution in [2.75, 3.05) is 26.4 Å². The van der Waals surface area contributed by atoms with Crippen LogP contribution in [0, 0.1) is 11.8 Å². The normalized spacial score (nSPS) is 20.9. The molecule has 1 fully saturated rings. The van der Waals surface area contributed by atoms with Crippen molar-refractivity contribution in [3.63, 3.8) is 0 Å². The summed E-state index contributed by atoms with van der Waals surface area (Å²) >= 11 is 0. The monoisotopic (exact) mass is 816 g/mol. The molecule has 56 heavy (non-hydrogen) atoms. The number of ketones is 1. The Balaban J connectivity index is 2.40. The van der Waals surface area contributed by atoms with Crippen molar-refractivity contribution >= 4 is 19.6 Å². The molecule has 0 radical (unpaired) electrons. The number of phosphoric ester groups is 1. The fourth-order valence-corrected chi connectivity index (χ4v) is 7.50. The highest BCUT2D eigenvalue weighted by molar-refractivity contribution is 7.47. The van der Waals surface area contributed by atoms with Crippen molar-refractivity contribution in [2.45, 2.75) is 186 Å². The lowest BCUT2D eigenvalue weighted by atomic mass is 9.87. The van der Waals surface area contributed by atoms with E-state index < -0.39 is 50.0 Å². The van der Waals surface area contributed by atoms with Crippen LogP contribution in [0.2, 0.25) is 0 Å². The second kappa shape index (κ2) is 34.0. The van der Waals surface area contributed by atoms with Gasteiger partial charge in [0.05, 0.1) is 37.8 Å². The van der Waals surface area contributed by atoms with Crippen LogP contribution in [-0.2, 0) is 32.7 Å². The van der Waals surface area contributed by atoms with Gasteiger partial charge in [-0.2, -0.15) is 0 Å². The summed E-state index contributed by atoms with van der Waals surface area (Å²) in [7, 11) is -4.36. The lowest BCUT2D eigenvalue weighted by molar-refractivity contribution is -0.147. The highest BCUT2D eigenvalue weighted by Crippen LogP contribution is 2.43. The molecule has 0 bridgehead atoms. The Morgan fingerprint density at radius 1 is 0.786 bits per heavy atom. The third kappa shape index (κ3) is 27.7. The first-order valence-corrected chi connectivity index (χ1v) is 23.2. The highest BCUT2D eigenvalue weighted by atomic mass is 31.2. The number of carbonyl (C=O) groups is 2. The molecule has 6 N–H and O–H groups in total. The Morgan fingerprint density at radius 2 is 1.39 bits per heavy atom. The third-order valence-electron chi connectivity index (χ3n) is 10.1. The highest BCUT2D eigenvalue weighted by Gasteiger charge is 2.41. The Bertz CT molecular complexity index is 1130. The lowest BCUT2D eigenvalue weighted by Gasteiger charge is -2.20. The molecule has 0 aromatic carbocycles. The summed E-state index contributed by atoms with van der Waals surface area (Å²) in [6.45, 7) is 3.66. The zero-order valence-electron chi connectivity index (χ0n) is 34.7. The fourth-order valence-electron chi connectivity index (χ4n) is 6.74. The average Bonchev–Trinajstić information content (AvgIpc) is 3.43. The van der Waals surface area contributed by atoms with Crippen molar-refractivity contribution in [1.82, 2.24) is 0 Å². The molecule has 0 aliphatic heterocycles. The molecule has 13 heteroatoms. The van der Waals surface area contributed by atoms with Gasteiger partial charge in [0.25, 0.3) is 0 Å². The number of allylic oxidation sites excluding steroid dienone is 3. The predicted octanol–water partition coefficient (Wildman–Crippen LogP) is 8.54. The zero-order valence-corrected chi connectivity index (χ0v) is 35.6. The Hall–Kier alpha value is -1.89. The van der Waals surface area contributed by atoms with Gasteiger partial charge in [-0.1, -0.05) is 102 Å². The predicted molar refractivity (Wildman–Crippen MR) is 222 cm³/mol. The number of phosphoric acid groups is 1. The van der Waals surface area contributed by atoms with Gasteiger partial charge in [0.2, 0.25) is 0 Å². The van der Waals surface area contributed by atoms with Crippen molar-refractivity contribution in [3.05, 3.63) is 36.6 Å². The standard InChI is InChI=1S/C43H78NO11P/c1-3-5-7-8-9-10-11-12-13-14-15-16-17-18-19-23-30-52-38(35-55-56(50,51)54-31-29-44)34-53-43(49)26-22-21-25-37(46)32-40-39(41(47)33-42(40)48)28-27-36(45)24-20-6-4-2/h10-11,23,27-28,30,36,38-42,45,47-48H,3-9,12-22,24-26,29,31-35,44H2,1-2H3,(H,50,51)/b11-10-,28-27+,30-23+/t36-,38+,39+,40+,41+,42-/m0/s1. The Labute approximate surface area is 338 Å². The van der Waals surface area contributed by atoms with E-state index in [9.17, 15) is 34.4 Å². The number of ether oxygens (including phenoxy) is 2. The SMILES string of the molecule is CCCCCC/C=C\CCCCCCCC/C=C/O[C@H](COC(=O)CCCCC(=O)C[C@@H]1[C@@H](/C=C/[C@@H](O)CCCCC)[C@H](O)C[C@@H]1O)COP(=O)(O)OCCN. The van der Waals surface area contributed by atoms with Crippen LogP contribution in [0.1, 0.15) is 162 Å². The second-order valence-electron chi connectivity index (χ2n) is 15.2. The first-order chi connectivity index (χ1) is 27.0. The van der Waals surface area contributed by atoms with Crippen LogP contribution in [0.15, 0.2) is 36.6 Å². The van der Waals surface area contributed by atoms with Crippen molar-refractivity contribution in [2.24, 2.45) is 17.6 Å². The summed E-state index contributed by atoms with van der Waals surface area (Å²) in [6, 6.07) is 0. The summed E-state index contributed by atoms with van der Waals surface area (Å²) in [4.78, 5) is 35.2. The summed E-state index contributed by atoms with van der Waals surface area (Å²) < 4.78 is 33.1. The van der Waals surface area contributed by atoms with Gasteiger partial charge in [0, 0.05) is 44.1 Å². The molecule has 0 saturated heterocycles. The minimum atomic E-state index is -4.36. The maximum Gasteiger partial charge on any atom is 0.472 e. The van der Waals surface area contributed by atoms with Crippen molar-refractivity contribution < 1.29 is 52.9 Å². The summed E-state index contributed by atoms with van der Waals surface area (Å²) in [5.41, 5.74) is 5.35. The molecule has 0 amide bonds. The smallest absolute Gasteiger partial charge is 0.472 e. The molecule has 7 atom stereocenters. The Kier molecular flexibility index (Phi) is 31.7. The molecule has 12 nitrogen and oxygen atoms in total. The van der Waals surface area contributed by atoms with Crippen LogP contribution in [0.3, 0.4) is 0 Å².